The Morgan fingerprint density at radius 1 is 1.53 bits per heavy atom. The fourth-order valence-corrected chi connectivity index (χ4v) is 2.76. The van der Waals surface area contributed by atoms with E-state index in [-0.39, 0.29) is 5.91 Å². The first kappa shape index (κ1) is 14.3. The molecule has 106 valence electrons. The number of piperidine rings is 1. The Morgan fingerprint density at radius 2 is 2.32 bits per heavy atom. The van der Waals surface area contributed by atoms with E-state index in [9.17, 15) is 4.79 Å². The van der Waals surface area contributed by atoms with E-state index in [2.05, 4.69) is 10.6 Å². The third kappa shape index (κ3) is 4.49. The summed E-state index contributed by atoms with van der Waals surface area (Å²) in [7, 11) is 1.59. The van der Waals surface area contributed by atoms with Crippen LogP contribution in [-0.2, 0) is 4.74 Å². The van der Waals surface area contributed by atoms with Crippen molar-refractivity contribution in [3.63, 3.8) is 0 Å². The largest absolute Gasteiger partial charge is 0.496 e. The summed E-state index contributed by atoms with van der Waals surface area (Å²) < 4.78 is 10.8. The number of ether oxygens (including phenoxy) is 2. The number of methoxy groups -OCH3 is 1. The summed E-state index contributed by atoms with van der Waals surface area (Å²) in [4.78, 5) is 12.5. The molecule has 1 aliphatic rings. The van der Waals surface area contributed by atoms with Gasteiger partial charge in [-0.15, -0.1) is 11.3 Å². The summed E-state index contributed by atoms with van der Waals surface area (Å²) in [5.41, 5.74) is 0. The first-order valence-electron chi connectivity index (χ1n) is 6.52. The second-order valence-corrected chi connectivity index (χ2v) is 5.34. The SMILES string of the molecule is COc1csc(C(=O)NCCOC2CCNCC2)c1. The van der Waals surface area contributed by atoms with Crippen molar-refractivity contribution >= 4 is 17.2 Å². The average molecular weight is 284 g/mol. The maximum absolute atomic E-state index is 11.8. The highest BCUT2D eigenvalue weighted by molar-refractivity contribution is 7.12. The average Bonchev–Trinajstić information content (AvgIpc) is 2.93. The van der Waals surface area contributed by atoms with Crippen molar-refractivity contribution in [1.82, 2.24) is 10.6 Å². The van der Waals surface area contributed by atoms with Crippen LogP contribution >= 0.6 is 11.3 Å². The van der Waals surface area contributed by atoms with Crippen molar-refractivity contribution in [2.75, 3.05) is 33.4 Å². The molecule has 0 spiro atoms. The van der Waals surface area contributed by atoms with Crippen LogP contribution in [0.1, 0.15) is 22.5 Å². The highest BCUT2D eigenvalue weighted by Gasteiger charge is 2.13. The topological polar surface area (TPSA) is 59.6 Å². The normalized spacial score (nSPS) is 16.3. The van der Waals surface area contributed by atoms with E-state index in [1.54, 1.807) is 13.2 Å². The molecule has 0 radical (unpaired) electrons. The van der Waals surface area contributed by atoms with Crippen LogP contribution < -0.4 is 15.4 Å². The Hall–Kier alpha value is -1.11. The molecule has 5 nitrogen and oxygen atoms in total. The van der Waals surface area contributed by atoms with Crippen LogP contribution in [-0.4, -0.2) is 45.4 Å². The predicted molar refractivity (Wildman–Crippen MR) is 75.0 cm³/mol. The van der Waals surface area contributed by atoms with Crippen molar-refractivity contribution in [3.05, 3.63) is 16.3 Å². The maximum Gasteiger partial charge on any atom is 0.261 e. The number of hydrogen-bond donors (Lipinski definition) is 2. The molecular weight excluding hydrogens is 264 g/mol. The lowest BCUT2D eigenvalue weighted by Gasteiger charge is -2.22. The molecule has 1 saturated heterocycles. The van der Waals surface area contributed by atoms with E-state index < -0.39 is 0 Å². The minimum atomic E-state index is -0.0674. The molecule has 2 rings (SSSR count). The standard InChI is InChI=1S/C13H20N2O3S/c1-17-11-8-12(19-9-11)13(16)15-6-7-18-10-2-4-14-5-3-10/h8-10,14H,2-7H2,1H3,(H,15,16). The molecule has 0 unspecified atom stereocenters. The van der Waals surface area contributed by atoms with Crippen molar-refractivity contribution in [3.8, 4) is 5.75 Å². The van der Waals surface area contributed by atoms with Crippen LogP contribution in [0.15, 0.2) is 11.4 Å². The van der Waals surface area contributed by atoms with Gasteiger partial charge in [0.1, 0.15) is 5.75 Å². The van der Waals surface area contributed by atoms with Crippen molar-refractivity contribution in [1.29, 1.82) is 0 Å². The zero-order valence-electron chi connectivity index (χ0n) is 11.1. The van der Waals surface area contributed by atoms with Gasteiger partial charge in [0, 0.05) is 18.0 Å². The van der Waals surface area contributed by atoms with Crippen molar-refractivity contribution < 1.29 is 14.3 Å². The highest BCUT2D eigenvalue weighted by Crippen LogP contribution is 2.20. The number of carbonyl (C=O) groups excluding carboxylic acids is 1. The molecule has 6 heteroatoms. The second kappa shape index (κ2) is 7.47. The number of nitrogens with one attached hydrogen (secondary N) is 2. The number of amides is 1. The van der Waals surface area contributed by atoms with Gasteiger partial charge in [-0.2, -0.15) is 0 Å². The van der Waals surface area contributed by atoms with Gasteiger partial charge in [0.15, 0.2) is 0 Å². The van der Waals surface area contributed by atoms with Crippen LogP contribution in [0.25, 0.3) is 0 Å². The number of rotatable bonds is 6. The Balaban J connectivity index is 1.63. The molecule has 1 aromatic rings. The predicted octanol–water partition coefficient (Wildman–Crippen LogP) is 1.26. The number of carbonyl (C=O) groups is 1. The number of thiophene rings is 1. The van der Waals surface area contributed by atoms with Gasteiger partial charge in [0.05, 0.1) is 24.7 Å². The van der Waals surface area contributed by atoms with Crippen molar-refractivity contribution in [2.24, 2.45) is 0 Å². The minimum absolute atomic E-state index is 0.0674. The summed E-state index contributed by atoms with van der Waals surface area (Å²) >= 11 is 1.38. The van der Waals surface area contributed by atoms with E-state index in [0.29, 0.717) is 24.1 Å². The van der Waals surface area contributed by atoms with Gasteiger partial charge < -0.3 is 20.1 Å². The van der Waals surface area contributed by atoms with Gasteiger partial charge >= 0.3 is 0 Å². The summed E-state index contributed by atoms with van der Waals surface area (Å²) in [6, 6.07) is 1.74. The van der Waals surface area contributed by atoms with Crippen LogP contribution in [0.4, 0.5) is 0 Å². The first-order chi connectivity index (χ1) is 9.29. The van der Waals surface area contributed by atoms with Gasteiger partial charge in [-0.25, -0.2) is 0 Å². The van der Waals surface area contributed by atoms with Gasteiger partial charge in [-0.1, -0.05) is 0 Å². The monoisotopic (exact) mass is 284 g/mol. The number of hydrogen-bond acceptors (Lipinski definition) is 5. The lowest BCUT2D eigenvalue weighted by atomic mass is 10.1. The van der Waals surface area contributed by atoms with Gasteiger partial charge in [0.2, 0.25) is 0 Å². The van der Waals surface area contributed by atoms with E-state index in [4.69, 9.17) is 9.47 Å². The van der Waals surface area contributed by atoms with Gasteiger partial charge in [-0.3, -0.25) is 4.79 Å². The lowest BCUT2D eigenvalue weighted by molar-refractivity contribution is 0.0343. The zero-order chi connectivity index (χ0) is 13.5. The molecule has 0 atom stereocenters. The Bertz CT molecular complexity index is 402. The molecule has 0 bridgehead atoms. The molecule has 0 aliphatic carbocycles. The quantitative estimate of drug-likeness (QED) is 0.772. The highest BCUT2D eigenvalue weighted by atomic mass is 32.1. The molecule has 2 N–H and O–H groups in total. The second-order valence-electron chi connectivity index (χ2n) is 4.43. The Labute approximate surface area is 117 Å². The van der Waals surface area contributed by atoms with E-state index in [1.807, 2.05) is 5.38 Å². The summed E-state index contributed by atoms with van der Waals surface area (Å²) in [6.07, 6.45) is 2.44. The molecule has 2 heterocycles. The van der Waals surface area contributed by atoms with E-state index >= 15 is 0 Å². The fraction of sp³-hybridized carbons (Fsp3) is 0.615. The Morgan fingerprint density at radius 3 is 3.00 bits per heavy atom. The summed E-state index contributed by atoms with van der Waals surface area (Å²) in [5.74, 6) is 0.656. The summed E-state index contributed by atoms with van der Waals surface area (Å²) in [6.45, 7) is 3.15. The third-order valence-corrected chi connectivity index (χ3v) is 3.97. The van der Waals surface area contributed by atoms with Gasteiger partial charge in [0.25, 0.3) is 5.91 Å². The van der Waals surface area contributed by atoms with Crippen LogP contribution in [0, 0.1) is 0 Å². The van der Waals surface area contributed by atoms with E-state index in [1.165, 1.54) is 11.3 Å². The lowest BCUT2D eigenvalue weighted by Crippen LogP contribution is -2.34. The molecule has 0 aromatic carbocycles. The fourth-order valence-electron chi connectivity index (χ4n) is 1.98. The molecule has 1 aliphatic heterocycles. The molecule has 1 fully saturated rings. The third-order valence-electron chi connectivity index (χ3n) is 3.06. The summed E-state index contributed by atoms with van der Waals surface area (Å²) in [5, 5.41) is 7.96. The molecular formula is C13H20N2O3S. The van der Waals surface area contributed by atoms with Crippen LogP contribution in [0.2, 0.25) is 0 Å². The molecule has 1 aromatic heterocycles. The minimum Gasteiger partial charge on any atom is -0.496 e. The molecule has 1 amide bonds. The van der Waals surface area contributed by atoms with Crippen LogP contribution in [0.3, 0.4) is 0 Å². The smallest absolute Gasteiger partial charge is 0.261 e. The maximum atomic E-state index is 11.8. The van der Waals surface area contributed by atoms with Crippen molar-refractivity contribution in [2.45, 2.75) is 18.9 Å². The zero-order valence-corrected chi connectivity index (χ0v) is 11.9. The van der Waals surface area contributed by atoms with E-state index in [0.717, 1.165) is 31.7 Å². The van der Waals surface area contributed by atoms with Crippen LogP contribution in [0.5, 0.6) is 5.75 Å². The van der Waals surface area contributed by atoms with Gasteiger partial charge in [-0.05, 0) is 25.9 Å². The molecule has 19 heavy (non-hydrogen) atoms. The molecule has 0 saturated carbocycles. The first-order valence-corrected chi connectivity index (χ1v) is 7.40. The Kier molecular flexibility index (Phi) is 5.62.